The number of ether oxygens (including phenoxy) is 1. The molecule has 1 aliphatic rings. The van der Waals surface area contributed by atoms with Crippen LogP contribution in [0.4, 0.5) is 13.2 Å². The number of alkyl halides is 3. The molecule has 1 saturated heterocycles. The molecule has 1 aromatic rings. The molecule has 21 heavy (non-hydrogen) atoms. The highest BCUT2D eigenvalue weighted by Crippen LogP contribution is 2.36. The zero-order valence-electron chi connectivity index (χ0n) is 11.6. The van der Waals surface area contributed by atoms with Gasteiger partial charge in [0.05, 0.1) is 23.8 Å². The maximum atomic E-state index is 12.9. The van der Waals surface area contributed by atoms with E-state index in [1.807, 2.05) is 0 Å². The van der Waals surface area contributed by atoms with Crippen molar-refractivity contribution in [1.29, 1.82) is 5.26 Å². The topological polar surface area (TPSA) is 36.3 Å². The van der Waals surface area contributed by atoms with Gasteiger partial charge in [-0.15, -0.1) is 0 Å². The molecule has 1 heterocycles. The molecule has 0 aromatic heterocycles. The Hall–Kier alpha value is -1.74. The quantitative estimate of drug-likeness (QED) is 0.781. The Labute approximate surface area is 121 Å². The van der Waals surface area contributed by atoms with E-state index in [9.17, 15) is 13.2 Å². The molecular formula is C15H17F3N2O. The molecule has 0 radical (unpaired) electrons. The molecule has 1 aliphatic heterocycles. The maximum absolute atomic E-state index is 12.9. The summed E-state index contributed by atoms with van der Waals surface area (Å²) >= 11 is 0. The molecule has 0 aliphatic carbocycles. The van der Waals surface area contributed by atoms with Gasteiger partial charge in [-0.3, -0.25) is 0 Å². The van der Waals surface area contributed by atoms with Crippen LogP contribution in [0.2, 0.25) is 0 Å². The van der Waals surface area contributed by atoms with E-state index in [-0.39, 0.29) is 17.9 Å². The molecule has 0 spiro atoms. The summed E-state index contributed by atoms with van der Waals surface area (Å²) in [5.74, 6) is -0.206. The van der Waals surface area contributed by atoms with Gasteiger partial charge >= 0.3 is 6.18 Å². The van der Waals surface area contributed by atoms with Crippen LogP contribution in [-0.4, -0.2) is 31.1 Å². The van der Waals surface area contributed by atoms with E-state index in [1.54, 1.807) is 6.07 Å². The predicted octanol–water partition coefficient (Wildman–Crippen LogP) is 3.44. The molecule has 3 nitrogen and oxygen atoms in total. The Kier molecular flexibility index (Phi) is 5.07. The highest BCUT2D eigenvalue weighted by Gasteiger charge is 2.34. The van der Waals surface area contributed by atoms with E-state index >= 15 is 0 Å². The lowest BCUT2D eigenvalue weighted by molar-refractivity contribution is -0.139. The van der Waals surface area contributed by atoms with E-state index in [2.05, 4.69) is 4.90 Å². The average molecular weight is 298 g/mol. The van der Waals surface area contributed by atoms with E-state index < -0.39 is 11.7 Å². The molecule has 0 bridgehead atoms. The molecule has 0 amide bonds. The maximum Gasteiger partial charge on any atom is 0.420 e. The van der Waals surface area contributed by atoms with E-state index in [1.165, 1.54) is 25.0 Å². The Morgan fingerprint density at radius 3 is 2.57 bits per heavy atom. The van der Waals surface area contributed by atoms with Crippen molar-refractivity contribution in [3.05, 3.63) is 29.3 Å². The largest absolute Gasteiger partial charge is 0.493 e. The van der Waals surface area contributed by atoms with Crippen LogP contribution < -0.4 is 4.74 Å². The monoisotopic (exact) mass is 298 g/mol. The second-order valence-electron chi connectivity index (χ2n) is 5.07. The highest BCUT2D eigenvalue weighted by atomic mass is 19.4. The molecule has 1 aromatic carbocycles. The van der Waals surface area contributed by atoms with Crippen molar-refractivity contribution in [1.82, 2.24) is 4.90 Å². The zero-order valence-corrected chi connectivity index (χ0v) is 11.6. The molecule has 1 fully saturated rings. The van der Waals surface area contributed by atoms with Gasteiger partial charge in [0.15, 0.2) is 0 Å². The first-order valence-electron chi connectivity index (χ1n) is 6.97. The fourth-order valence-electron chi connectivity index (χ4n) is 2.42. The van der Waals surface area contributed by atoms with E-state index in [4.69, 9.17) is 10.00 Å². The summed E-state index contributed by atoms with van der Waals surface area (Å²) in [6, 6.07) is 5.10. The molecular weight excluding hydrogens is 281 g/mol. The van der Waals surface area contributed by atoms with Crippen LogP contribution in [0.5, 0.6) is 5.75 Å². The van der Waals surface area contributed by atoms with Gasteiger partial charge in [0.1, 0.15) is 5.75 Å². The fourth-order valence-corrected chi connectivity index (χ4v) is 2.42. The predicted molar refractivity (Wildman–Crippen MR) is 71.9 cm³/mol. The molecule has 114 valence electrons. The van der Waals surface area contributed by atoms with Crippen molar-refractivity contribution >= 4 is 0 Å². The Morgan fingerprint density at radius 1 is 1.24 bits per heavy atom. The van der Waals surface area contributed by atoms with Crippen molar-refractivity contribution in [2.24, 2.45) is 0 Å². The number of likely N-dealkylation sites (tertiary alicyclic amines) is 1. The second-order valence-corrected chi connectivity index (χ2v) is 5.07. The minimum atomic E-state index is -4.52. The number of hydrogen-bond donors (Lipinski definition) is 0. The van der Waals surface area contributed by atoms with Crippen LogP contribution in [0.3, 0.4) is 0 Å². The third-order valence-corrected chi connectivity index (χ3v) is 3.49. The molecule has 0 saturated carbocycles. The molecule has 6 heteroatoms. The van der Waals surface area contributed by atoms with Gasteiger partial charge in [-0.2, -0.15) is 18.4 Å². The van der Waals surface area contributed by atoms with E-state index in [0.717, 1.165) is 25.7 Å². The van der Waals surface area contributed by atoms with Crippen LogP contribution in [0.15, 0.2) is 18.2 Å². The number of benzene rings is 1. The van der Waals surface area contributed by atoms with E-state index in [0.29, 0.717) is 6.42 Å². The summed E-state index contributed by atoms with van der Waals surface area (Å²) in [5, 5.41) is 8.69. The summed E-state index contributed by atoms with van der Waals surface area (Å²) in [6.45, 7) is 3.21. The zero-order chi connectivity index (χ0) is 15.3. The number of nitriles is 1. The van der Waals surface area contributed by atoms with Crippen molar-refractivity contribution in [2.45, 2.75) is 25.4 Å². The standard InChI is InChI=1S/C15H17F3N2O/c16-15(17,18)13-10-12(11-19)4-5-14(13)21-9-3-8-20-6-1-2-7-20/h4-5,10H,1-3,6-9H2. The highest BCUT2D eigenvalue weighted by molar-refractivity contribution is 5.43. The summed E-state index contributed by atoms with van der Waals surface area (Å²) in [7, 11) is 0. The van der Waals surface area contributed by atoms with Crippen LogP contribution in [-0.2, 0) is 6.18 Å². The van der Waals surface area contributed by atoms with Gasteiger partial charge in [-0.1, -0.05) is 0 Å². The smallest absolute Gasteiger partial charge is 0.420 e. The number of hydrogen-bond acceptors (Lipinski definition) is 3. The third-order valence-electron chi connectivity index (χ3n) is 3.49. The minimum absolute atomic E-state index is 0.0215. The van der Waals surface area contributed by atoms with Gasteiger partial charge in [-0.05, 0) is 50.6 Å². The summed E-state index contributed by atoms with van der Waals surface area (Å²) < 4.78 is 44.0. The third kappa shape index (κ3) is 4.36. The molecule has 0 atom stereocenters. The second kappa shape index (κ2) is 6.81. The molecule has 2 rings (SSSR count). The average Bonchev–Trinajstić information content (AvgIpc) is 2.96. The first-order valence-corrected chi connectivity index (χ1v) is 6.97. The summed E-state index contributed by atoms with van der Waals surface area (Å²) in [4.78, 5) is 2.28. The van der Waals surface area contributed by atoms with Crippen molar-refractivity contribution in [3.8, 4) is 11.8 Å². The Bertz CT molecular complexity index is 517. The fraction of sp³-hybridized carbons (Fsp3) is 0.533. The lowest BCUT2D eigenvalue weighted by atomic mass is 10.1. The van der Waals surface area contributed by atoms with Gasteiger partial charge in [0.25, 0.3) is 0 Å². The van der Waals surface area contributed by atoms with Gasteiger partial charge < -0.3 is 9.64 Å². The van der Waals surface area contributed by atoms with Crippen LogP contribution in [0.1, 0.15) is 30.4 Å². The minimum Gasteiger partial charge on any atom is -0.493 e. The molecule has 0 N–H and O–H groups in total. The SMILES string of the molecule is N#Cc1ccc(OCCCN2CCCC2)c(C(F)(F)F)c1. The number of rotatable bonds is 5. The normalized spacial score (nSPS) is 15.9. The first-order chi connectivity index (χ1) is 10.0. The number of halogens is 3. The van der Waals surface area contributed by atoms with Crippen LogP contribution in [0.25, 0.3) is 0 Å². The lowest BCUT2D eigenvalue weighted by Gasteiger charge is -2.16. The van der Waals surface area contributed by atoms with Gasteiger partial charge in [0.2, 0.25) is 0 Å². The van der Waals surface area contributed by atoms with Crippen LogP contribution in [0, 0.1) is 11.3 Å². The Balaban J connectivity index is 1.94. The van der Waals surface area contributed by atoms with Gasteiger partial charge in [-0.25, -0.2) is 0 Å². The molecule has 0 unspecified atom stereocenters. The van der Waals surface area contributed by atoms with Gasteiger partial charge in [0, 0.05) is 6.54 Å². The van der Waals surface area contributed by atoms with Crippen molar-refractivity contribution in [2.75, 3.05) is 26.2 Å². The summed E-state index contributed by atoms with van der Waals surface area (Å²) in [6.07, 6.45) is -1.45. The van der Waals surface area contributed by atoms with Crippen molar-refractivity contribution < 1.29 is 17.9 Å². The first kappa shape index (κ1) is 15.6. The van der Waals surface area contributed by atoms with Crippen LogP contribution >= 0.6 is 0 Å². The lowest BCUT2D eigenvalue weighted by Crippen LogP contribution is -2.22. The number of nitrogens with zero attached hydrogens (tertiary/aromatic N) is 2. The summed E-state index contributed by atoms with van der Waals surface area (Å²) in [5.41, 5.74) is -0.908. The Morgan fingerprint density at radius 2 is 1.95 bits per heavy atom. The van der Waals surface area contributed by atoms with Crippen molar-refractivity contribution in [3.63, 3.8) is 0 Å².